The highest BCUT2D eigenvalue weighted by molar-refractivity contribution is 5.75. The Morgan fingerprint density at radius 2 is 1.52 bits per heavy atom. The summed E-state index contributed by atoms with van der Waals surface area (Å²) in [6, 6.07) is 25.9. The monoisotopic (exact) mass is 356 g/mol. The fraction of sp³-hybridized carbons (Fsp3) is 0.231. The highest BCUT2D eigenvalue weighted by atomic mass is 16.5. The molecule has 1 nitrogen and oxygen atoms in total. The molecule has 1 heteroatoms. The van der Waals surface area contributed by atoms with Gasteiger partial charge in [-0.15, -0.1) is 0 Å². The zero-order valence-corrected chi connectivity index (χ0v) is 16.3. The fourth-order valence-electron chi connectivity index (χ4n) is 3.50. The van der Waals surface area contributed by atoms with Crippen molar-refractivity contribution in [3.63, 3.8) is 0 Å². The minimum atomic E-state index is 0.300. The molecule has 1 atom stereocenters. The lowest BCUT2D eigenvalue weighted by molar-refractivity contribution is 0.109. The lowest BCUT2D eigenvalue weighted by atomic mass is 9.91. The van der Waals surface area contributed by atoms with Crippen LogP contribution in [0.15, 0.2) is 79.4 Å². The molecule has 0 N–H and O–H groups in total. The first-order valence-corrected chi connectivity index (χ1v) is 9.66. The first-order valence-electron chi connectivity index (χ1n) is 9.66. The Hall–Kier alpha value is -2.64. The molecule has 0 radical (unpaired) electrons. The Bertz CT molecular complexity index is 862. The summed E-state index contributed by atoms with van der Waals surface area (Å²) in [6.45, 7) is 6.14. The van der Waals surface area contributed by atoms with Crippen LogP contribution in [0.4, 0.5) is 0 Å². The van der Waals surface area contributed by atoms with Gasteiger partial charge in [-0.25, -0.2) is 0 Å². The van der Waals surface area contributed by atoms with E-state index in [1.807, 2.05) is 6.08 Å². The van der Waals surface area contributed by atoms with E-state index in [4.69, 9.17) is 4.74 Å². The van der Waals surface area contributed by atoms with Gasteiger partial charge in [0.05, 0.1) is 6.10 Å². The van der Waals surface area contributed by atoms with Gasteiger partial charge in [-0.05, 0) is 59.6 Å². The van der Waals surface area contributed by atoms with Gasteiger partial charge >= 0.3 is 0 Å². The summed E-state index contributed by atoms with van der Waals surface area (Å²) >= 11 is 0. The average molecular weight is 357 g/mol. The second-order valence-electron chi connectivity index (χ2n) is 6.96. The Morgan fingerprint density at radius 3 is 2.19 bits per heavy atom. The topological polar surface area (TPSA) is 9.23 Å². The molecule has 0 fully saturated rings. The maximum atomic E-state index is 5.39. The molecule has 0 bridgehead atoms. The summed E-state index contributed by atoms with van der Waals surface area (Å²) in [5, 5.41) is 0. The van der Waals surface area contributed by atoms with Crippen LogP contribution in [-0.2, 0) is 11.2 Å². The summed E-state index contributed by atoms with van der Waals surface area (Å²) < 4.78 is 5.39. The smallest absolute Gasteiger partial charge is 0.0543 e. The standard InChI is InChI=1S/C26H28O/c1-4-21-13-9-15-26(25(21)14-8-10-20(2)27-3)24-18-16-23(17-19-24)22-11-6-5-7-12-22/h4-7,9,11-13,15-20H,1,8,10,14H2,2-3H3. The Morgan fingerprint density at radius 1 is 0.852 bits per heavy atom. The van der Waals surface area contributed by atoms with Gasteiger partial charge < -0.3 is 4.74 Å². The predicted molar refractivity (Wildman–Crippen MR) is 117 cm³/mol. The summed E-state index contributed by atoms with van der Waals surface area (Å²) in [4.78, 5) is 0. The first-order chi connectivity index (χ1) is 13.2. The molecule has 3 aromatic rings. The molecule has 0 aliphatic rings. The number of ether oxygens (including phenoxy) is 1. The van der Waals surface area contributed by atoms with Crippen LogP contribution in [-0.4, -0.2) is 13.2 Å². The van der Waals surface area contributed by atoms with Crippen molar-refractivity contribution in [3.8, 4) is 22.3 Å². The number of hydrogen-bond acceptors (Lipinski definition) is 1. The molecule has 27 heavy (non-hydrogen) atoms. The molecule has 0 saturated carbocycles. The molecule has 0 saturated heterocycles. The van der Waals surface area contributed by atoms with Crippen LogP contribution in [0.5, 0.6) is 0 Å². The van der Waals surface area contributed by atoms with Gasteiger partial charge in [0.25, 0.3) is 0 Å². The molecule has 0 aromatic heterocycles. The second kappa shape index (κ2) is 9.34. The molecule has 3 aromatic carbocycles. The number of hydrogen-bond donors (Lipinski definition) is 0. The van der Waals surface area contributed by atoms with Crippen LogP contribution in [0.3, 0.4) is 0 Å². The van der Waals surface area contributed by atoms with Crippen molar-refractivity contribution < 1.29 is 4.74 Å². The molecule has 0 aliphatic heterocycles. The lowest BCUT2D eigenvalue weighted by Gasteiger charge is -2.15. The predicted octanol–water partition coefficient (Wildman–Crippen LogP) is 7.02. The van der Waals surface area contributed by atoms with E-state index in [-0.39, 0.29) is 0 Å². The number of benzene rings is 3. The van der Waals surface area contributed by atoms with Crippen molar-refractivity contribution in [2.24, 2.45) is 0 Å². The molecule has 0 amide bonds. The summed E-state index contributed by atoms with van der Waals surface area (Å²) in [5.74, 6) is 0. The van der Waals surface area contributed by atoms with Crippen molar-refractivity contribution in [2.75, 3.05) is 7.11 Å². The minimum Gasteiger partial charge on any atom is -0.382 e. The molecular formula is C26H28O. The third kappa shape index (κ3) is 4.75. The van der Waals surface area contributed by atoms with E-state index in [1.165, 1.54) is 33.4 Å². The number of rotatable bonds is 8. The molecule has 1 unspecified atom stereocenters. The van der Waals surface area contributed by atoms with Crippen molar-refractivity contribution >= 4 is 6.08 Å². The first kappa shape index (κ1) is 19.1. The van der Waals surface area contributed by atoms with Crippen LogP contribution in [0.1, 0.15) is 30.9 Å². The Balaban J connectivity index is 1.88. The van der Waals surface area contributed by atoms with Crippen LogP contribution < -0.4 is 0 Å². The van der Waals surface area contributed by atoms with Crippen LogP contribution in [0.2, 0.25) is 0 Å². The lowest BCUT2D eigenvalue weighted by Crippen LogP contribution is -2.05. The zero-order chi connectivity index (χ0) is 19.1. The SMILES string of the molecule is C=Cc1cccc(-c2ccc(-c3ccccc3)cc2)c1CCCC(C)OC. The van der Waals surface area contributed by atoms with Crippen LogP contribution >= 0.6 is 0 Å². The molecule has 0 heterocycles. The maximum Gasteiger partial charge on any atom is 0.0543 e. The van der Waals surface area contributed by atoms with E-state index in [0.717, 1.165) is 19.3 Å². The third-order valence-electron chi connectivity index (χ3n) is 5.17. The summed E-state index contributed by atoms with van der Waals surface area (Å²) in [5.41, 5.74) is 7.66. The largest absolute Gasteiger partial charge is 0.382 e. The quantitative estimate of drug-likeness (QED) is 0.421. The molecule has 0 spiro atoms. The molecule has 138 valence electrons. The van der Waals surface area contributed by atoms with Gasteiger partial charge in [-0.3, -0.25) is 0 Å². The van der Waals surface area contributed by atoms with E-state index in [9.17, 15) is 0 Å². The van der Waals surface area contributed by atoms with E-state index < -0.39 is 0 Å². The summed E-state index contributed by atoms with van der Waals surface area (Å²) in [7, 11) is 1.78. The van der Waals surface area contributed by atoms with Crippen molar-refractivity contribution in [2.45, 2.75) is 32.3 Å². The molecular weight excluding hydrogens is 328 g/mol. The van der Waals surface area contributed by atoms with Gasteiger partial charge in [0, 0.05) is 7.11 Å². The van der Waals surface area contributed by atoms with E-state index in [0.29, 0.717) is 6.10 Å². The normalized spacial score (nSPS) is 11.9. The van der Waals surface area contributed by atoms with Crippen molar-refractivity contribution in [1.29, 1.82) is 0 Å². The highest BCUT2D eigenvalue weighted by Crippen LogP contribution is 2.30. The average Bonchev–Trinajstić information content (AvgIpc) is 2.74. The second-order valence-corrected chi connectivity index (χ2v) is 6.96. The maximum absolute atomic E-state index is 5.39. The molecule has 0 aliphatic carbocycles. The van der Waals surface area contributed by atoms with E-state index >= 15 is 0 Å². The van der Waals surface area contributed by atoms with Gasteiger partial charge in [-0.2, -0.15) is 0 Å². The highest BCUT2D eigenvalue weighted by Gasteiger charge is 2.10. The fourth-order valence-corrected chi connectivity index (χ4v) is 3.50. The van der Waals surface area contributed by atoms with E-state index in [1.54, 1.807) is 7.11 Å². The van der Waals surface area contributed by atoms with Crippen molar-refractivity contribution in [3.05, 3.63) is 90.5 Å². The third-order valence-corrected chi connectivity index (χ3v) is 5.17. The van der Waals surface area contributed by atoms with Crippen LogP contribution in [0.25, 0.3) is 28.3 Å². The summed E-state index contributed by atoms with van der Waals surface area (Å²) in [6.07, 6.45) is 5.47. The van der Waals surface area contributed by atoms with Crippen molar-refractivity contribution in [1.82, 2.24) is 0 Å². The minimum absolute atomic E-state index is 0.300. The number of methoxy groups -OCH3 is 1. The van der Waals surface area contributed by atoms with Gasteiger partial charge in [0.2, 0.25) is 0 Å². The van der Waals surface area contributed by atoms with Gasteiger partial charge in [0.15, 0.2) is 0 Å². The van der Waals surface area contributed by atoms with Gasteiger partial charge in [-0.1, -0.05) is 85.5 Å². The van der Waals surface area contributed by atoms with Crippen LogP contribution in [0, 0.1) is 0 Å². The zero-order valence-electron chi connectivity index (χ0n) is 16.3. The Kier molecular flexibility index (Phi) is 6.62. The Labute approximate surface area is 163 Å². The van der Waals surface area contributed by atoms with E-state index in [2.05, 4.69) is 86.3 Å². The molecule has 3 rings (SSSR count). The van der Waals surface area contributed by atoms with Gasteiger partial charge in [0.1, 0.15) is 0 Å².